The summed E-state index contributed by atoms with van der Waals surface area (Å²) in [6.45, 7) is 2.05. The standard InChI is InChI=1S/C13H13Cl2N3/c1-3-8-7-11(16-2)18-13(17-8)9-5-4-6-10(14)12(9)15/h4-7H,3H2,1-2H3,(H,16,17,18). The molecule has 0 saturated heterocycles. The van der Waals surface area contributed by atoms with Crippen molar-refractivity contribution in [3.8, 4) is 11.4 Å². The number of nitrogens with one attached hydrogen (secondary N) is 1. The van der Waals surface area contributed by atoms with Gasteiger partial charge in [0.15, 0.2) is 5.82 Å². The Hall–Kier alpha value is -1.32. The molecule has 0 aliphatic carbocycles. The van der Waals surface area contributed by atoms with Crippen molar-refractivity contribution in [2.75, 3.05) is 12.4 Å². The fraction of sp³-hybridized carbons (Fsp3) is 0.231. The molecule has 0 aliphatic heterocycles. The molecule has 1 heterocycles. The van der Waals surface area contributed by atoms with E-state index in [9.17, 15) is 0 Å². The fourth-order valence-electron chi connectivity index (χ4n) is 1.60. The molecule has 0 aliphatic rings. The van der Waals surface area contributed by atoms with Crippen molar-refractivity contribution in [3.63, 3.8) is 0 Å². The van der Waals surface area contributed by atoms with Crippen LogP contribution in [0.15, 0.2) is 24.3 Å². The van der Waals surface area contributed by atoms with E-state index in [-0.39, 0.29) is 0 Å². The van der Waals surface area contributed by atoms with E-state index in [1.807, 2.05) is 32.2 Å². The molecule has 1 aromatic carbocycles. The van der Waals surface area contributed by atoms with Gasteiger partial charge in [-0.2, -0.15) is 0 Å². The van der Waals surface area contributed by atoms with Gasteiger partial charge in [-0.1, -0.05) is 36.2 Å². The SMILES string of the molecule is CCc1cc(NC)nc(-c2cccc(Cl)c2Cl)n1. The molecule has 2 rings (SSSR count). The summed E-state index contributed by atoms with van der Waals surface area (Å²) in [5.74, 6) is 1.36. The highest BCUT2D eigenvalue weighted by molar-refractivity contribution is 6.43. The number of benzene rings is 1. The van der Waals surface area contributed by atoms with Gasteiger partial charge in [-0.25, -0.2) is 9.97 Å². The summed E-state index contributed by atoms with van der Waals surface area (Å²) in [5, 5.41) is 4.00. The number of aromatic nitrogens is 2. The van der Waals surface area contributed by atoms with Gasteiger partial charge in [-0.15, -0.1) is 0 Å². The quantitative estimate of drug-likeness (QED) is 0.922. The van der Waals surface area contributed by atoms with E-state index < -0.39 is 0 Å². The fourth-order valence-corrected chi connectivity index (χ4v) is 1.99. The molecule has 2 aromatic rings. The molecule has 0 atom stereocenters. The van der Waals surface area contributed by atoms with Gasteiger partial charge in [0.2, 0.25) is 0 Å². The Labute approximate surface area is 116 Å². The Kier molecular flexibility index (Phi) is 4.04. The maximum atomic E-state index is 6.19. The first-order valence-electron chi connectivity index (χ1n) is 5.65. The molecule has 5 heteroatoms. The third-order valence-corrected chi connectivity index (χ3v) is 3.41. The summed E-state index contributed by atoms with van der Waals surface area (Å²) in [7, 11) is 1.82. The van der Waals surface area contributed by atoms with Gasteiger partial charge in [0.1, 0.15) is 5.82 Å². The summed E-state index contributed by atoms with van der Waals surface area (Å²) in [5.41, 5.74) is 1.70. The van der Waals surface area contributed by atoms with Crippen LogP contribution in [0.1, 0.15) is 12.6 Å². The van der Waals surface area contributed by atoms with Crippen molar-refractivity contribution in [2.45, 2.75) is 13.3 Å². The van der Waals surface area contributed by atoms with Crippen molar-refractivity contribution in [1.82, 2.24) is 9.97 Å². The molecule has 1 N–H and O–H groups in total. The highest BCUT2D eigenvalue weighted by Gasteiger charge is 2.11. The summed E-state index contributed by atoms with van der Waals surface area (Å²) < 4.78 is 0. The average molecular weight is 282 g/mol. The van der Waals surface area contributed by atoms with E-state index in [4.69, 9.17) is 23.2 Å². The third kappa shape index (κ3) is 2.57. The van der Waals surface area contributed by atoms with Gasteiger partial charge >= 0.3 is 0 Å². The second-order valence-electron chi connectivity index (χ2n) is 3.77. The summed E-state index contributed by atoms with van der Waals surface area (Å²) in [6, 6.07) is 7.37. The highest BCUT2D eigenvalue weighted by Crippen LogP contribution is 2.32. The smallest absolute Gasteiger partial charge is 0.163 e. The van der Waals surface area contributed by atoms with E-state index in [0.717, 1.165) is 23.5 Å². The van der Waals surface area contributed by atoms with Crippen LogP contribution < -0.4 is 5.32 Å². The van der Waals surface area contributed by atoms with Crippen LogP contribution in [0, 0.1) is 0 Å². The molecule has 0 unspecified atom stereocenters. The second-order valence-corrected chi connectivity index (χ2v) is 4.56. The summed E-state index contributed by atoms with van der Waals surface area (Å²) >= 11 is 12.2. The first-order valence-corrected chi connectivity index (χ1v) is 6.41. The van der Waals surface area contributed by atoms with Gasteiger partial charge in [0, 0.05) is 24.4 Å². The third-order valence-electron chi connectivity index (χ3n) is 2.59. The number of hydrogen-bond acceptors (Lipinski definition) is 3. The van der Waals surface area contributed by atoms with Crippen LogP contribution in [0.3, 0.4) is 0 Å². The molecule has 0 amide bonds. The second kappa shape index (κ2) is 5.55. The van der Waals surface area contributed by atoms with Gasteiger partial charge in [0.25, 0.3) is 0 Å². The Bertz CT molecular complexity index is 548. The topological polar surface area (TPSA) is 37.8 Å². The van der Waals surface area contributed by atoms with E-state index in [1.54, 1.807) is 6.07 Å². The molecule has 94 valence electrons. The Morgan fingerprint density at radius 2 is 2.00 bits per heavy atom. The van der Waals surface area contributed by atoms with Gasteiger partial charge < -0.3 is 5.32 Å². The first-order chi connectivity index (χ1) is 8.65. The highest BCUT2D eigenvalue weighted by atomic mass is 35.5. The van der Waals surface area contributed by atoms with Crippen LogP contribution >= 0.6 is 23.2 Å². The molecule has 3 nitrogen and oxygen atoms in total. The largest absolute Gasteiger partial charge is 0.373 e. The minimum atomic E-state index is 0.481. The van der Waals surface area contributed by atoms with Crippen LogP contribution in [-0.4, -0.2) is 17.0 Å². The van der Waals surface area contributed by atoms with Crippen LogP contribution in [-0.2, 0) is 6.42 Å². The van der Waals surface area contributed by atoms with E-state index >= 15 is 0 Å². The van der Waals surface area contributed by atoms with Crippen molar-refractivity contribution in [2.24, 2.45) is 0 Å². The molecule has 0 radical (unpaired) electrons. The number of halogens is 2. The lowest BCUT2D eigenvalue weighted by Gasteiger charge is -2.08. The van der Waals surface area contributed by atoms with Crippen LogP contribution in [0.5, 0.6) is 0 Å². The number of anilines is 1. The average Bonchev–Trinajstić information content (AvgIpc) is 2.41. The zero-order valence-electron chi connectivity index (χ0n) is 10.2. The number of aryl methyl sites for hydroxylation is 1. The van der Waals surface area contributed by atoms with Gasteiger partial charge in [0.05, 0.1) is 10.0 Å². The Morgan fingerprint density at radius 1 is 1.22 bits per heavy atom. The normalized spacial score (nSPS) is 10.4. The maximum Gasteiger partial charge on any atom is 0.163 e. The van der Waals surface area contributed by atoms with E-state index in [0.29, 0.717) is 15.9 Å². The minimum Gasteiger partial charge on any atom is -0.373 e. The predicted molar refractivity (Wildman–Crippen MR) is 76.4 cm³/mol. The molecule has 0 fully saturated rings. The lowest BCUT2D eigenvalue weighted by molar-refractivity contribution is 1.01. The van der Waals surface area contributed by atoms with Crippen molar-refractivity contribution in [3.05, 3.63) is 40.0 Å². The molecule has 0 bridgehead atoms. The molecular weight excluding hydrogens is 269 g/mol. The molecule has 1 aromatic heterocycles. The van der Waals surface area contributed by atoms with Gasteiger partial charge in [-0.3, -0.25) is 0 Å². The predicted octanol–water partition coefficient (Wildman–Crippen LogP) is 4.05. The molecule has 0 spiro atoms. The summed E-state index contributed by atoms with van der Waals surface area (Å²) in [4.78, 5) is 8.88. The first kappa shape index (κ1) is 13.1. The zero-order valence-corrected chi connectivity index (χ0v) is 11.7. The number of hydrogen-bond donors (Lipinski definition) is 1. The lowest BCUT2D eigenvalue weighted by Crippen LogP contribution is -2.00. The maximum absolute atomic E-state index is 6.19. The molecule has 18 heavy (non-hydrogen) atoms. The lowest BCUT2D eigenvalue weighted by atomic mass is 10.2. The number of rotatable bonds is 3. The Balaban J connectivity index is 2.59. The zero-order chi connectivity index (χ0) is 13.1. The Morgan fingerprint density at radius 3 is 2.67 bits per heavy atom. The summed E-state index contributed by atoms with van der Waals surface area (Å²) in [6.07, 6.45) is 0.836. The van der Waals surface area contributed by atoms with Crippen LogP contribution in [0.25, 0.3) is 11.4 Å². The van der Waals surface area contributed by atoms with Crippen molar-refractivity contribution < 1.29 is 0 Å². The van der Waals surface area contributed by atoms with E-state index in [1.165, 1.54) is 0 Å². The van der Waals surface area contributed by atoms with E-state index in [2.05, 4.69) is 15.3 Å². The van der Waals surface area contributed by atoms with Crippen LogP contribution in [0.2, 0.25) is 10.0 Å². The molecular formula is C13H13Cl2N3. The van der Waals surface area contributed by atoms with Crippen molar-refractivity contribution in [1.29, 1.82) is 0 Å². The molecule has 0 saturated carbocycles. The monoisotopic (exact) mass is 281 g/mol. The van der Waals surface area contributed by atoms with Crippen LogP contribution in [0.4, 0.5) is 5.82 Å². The minimum absolute atomic E-state index is 0.481. The van der Waals surface area contributed by atoms with Crippen molar-refractivity contribution >= 4 is 29.0 Å². The number of nitrogens with zero attached hydrogens (tertiary/aromatic N) is 2. The van der Waals surface area contributed by atoms with Gasteiger partial charge in [-0.05, 0) is 18.6 Å².